The van der Waals surface area contributed by atoms with Crippen molar-refractivity contribution in [3.63, 3.8) is 0 Å². The van der Waals surface area contributed by atoms with E-state index in [9.17, 15) is 0 Å². The molecule has 0 saturated heterocycles. The van der Waals surface area contributed by atoms with Crippen molar-refractivity contribution in [2.75, 3.05) is 5.73 Å². The van der Waals surface area contributed by atoms with Crippen LogP contribution in [0.4, 0.5) is 5.69 Å². The van der Waals surface area contributed by atoms with Crippen LogP contribution in [-0.2, 0) is 0 Å². The summed E-state index contributed by atoms with van der Waals surface area (Å²) in [6.45, 7) is 2.18. The SMILES string of the molecule is CCCC/C=C/c1ncccc1N. The Morgan fingerprint density at radius 2 is 2.38 bits per heavy atom. The molecule has 70 valence electrons. The predicted molar refractivity (Wildman–Crippen MR) is 57.2 cm³/mol. The summed E-state index contributed by atoms with van der Waals surface area (Å²) in [5, 5.41) is 0. The lowest BCUT2D eigenvalue weighted by molar-refractivity contribution is 0.816. The quantitative estimate of drug-likeness (QED) is 0.716. The Hall–Kier alpha value is -1.31. The smallest absolute Gasteiger partial charge is 0.0855 e. The lowest BCUT2D eigenvalue weighted by Crippen LogP contribution is -1.90. The van der Waals surface area contributed by atoms with Crippen LogP contribution in [0, 0.1) is 0 Å². The van der Waals surface area contributed by atoms with Crippen LogP contribution in [0.1, 0.15) is 31.9 Å². The first kappa shape index (κ1) is 9.78. The first-order valence-corrected chi connectivity index (χ1v) is 4.71. The van der Waals surface area contributed by atoms with Crippen molar-refractivity contribution in [1.82, 2.24) is 4.98 Å². The molecule has 0 radical (unpaired) electrons. The Morgan fingerprint density at radius 1 is 1.54 bits per heavy atom. The highest BCUT2D eigenvalue weighted by Gasteiger charge is 1.91. The average Bonchev–Trinajstić information content (AvgIpc) is 2.15. The fourth-order valence-electron chi connectivity index (χ4n) is 1.09. The number of aromatic nitrogens is 1. The van der Waals surface area contributed by atoms with Gasteiger partial charge in [0.1, 0.15) is 0 Å². The predicted octanol–water partition coefficient (Wildman–Crippen LogP) is 2.87. The molecule has 0 aliphatic heterocycles. The van der Waals surface area contributed by atoms with Crippen LogP contribution < -0.4 is 5.73 Å². The van der Waals surface area contributed by atoms with Gasteiger partial charge in [-0.05, 0) is 24.6 Å². The number of anilines is 1. The first-order chi connectivity index (χ1) is 6.34. The Labute approximate surface area is 79.5 Å². The third-order valence-electron chi connectivity index (χ3n) is 1.87. The van der Waals surface area contributed by atoms with Gasteiger partial charge in [0, 0.05) is 6.20 Å². The van der Waals surface area contributed by atoms with E-state index in [1.165, 1.54) is 12.8 Å². The fourth-order valence-corrected chi connectivity index (χ4v) is 1.09. The molecule has 0 aromatic carbocycles. The Kier molecular flexibility index (Phi) is 4.03. The third kappa shape index (κ3) is 3.28. The van der Waals surface area contributed by atoms with E-state index in [2.05, 4.69) is 18.0 Å². The molecule has 0 atom stereocenters. The van der Waals surface area contributed by atoms with Crippen LogP contribution in [0.5, 0.6) is 0 Å². The van der Waals surface area contributed by atoms with Crippen molar-refractivity contribution in [1.29, 1.82) is 0 Å². The summed E-state index contributed by atoms with van der Waals surface area (Å²) in [7, 11) is 0. The number of pyridine rings is 1. The van der Waals surface area contributed by atoms with Crippen LogP contribution in [0.2, 0.25) is 0 Å². The van der Waals surface area contributed by atoms with Crippen LogP contribution in [0.25, 0.3) is 6.08 Å². The molecule has 1 aromatic heterocycles. The standard InChI is InChI=1S/C11H16N2/c1-2-3-4-5-8-11-10(12)7-6-9-13-11/h5-9H,2-4,12H2,1H3/b8-5+. The number of hydrogen-bond donors (Lipinski definition) is 1. The van der Waals surface area contributed by atoms with Gasteiger partial charge in [0.15, 0.2) is 0 Å². The molecule has 0 spiro atoms. The molecule has 0 aliphatic rings. The van der Waals surface area contributed by atoms with Crippen molar-refractivity contribution >= 4 is 11.8 Å². The normalized spacial score (nSPS) is 10.8. The number of nitrogens with zero attached hydrogens (tertiary/aromatic N) is 1. The van der Waals surface area contributed by atoms with E-state index in [1.807, 2.05) is 18.2 Å². The number of nitrogen functional groups attached to an aromatic ring is 1. The highest BCUT2D eigenvalue weighted by atomic mass is 14.7. The molecule has 0 amide bonds. The molecule has 0 fully saturated rings. The van der Waals surface area contributed by atoms with E-state index < -0.39 is 0 Å². The maximum Gasteiger partial charge on any atom is 0.0855 e. The summed E-state index contributed by atoms with van der Waals surface area (Å²) >= 11 is 0. The first-order valence-electron chi connectivity index (χ1n) is 4.71. The Morgan fingerprint density at radius 3 is 3.08 bits per heavy atom. The van der Waals surface area contributed by atoms with Crippen molar-refractivity contribution in [3.8, 4) is 0 Å². The molecular weight excluding hydrogens is 160 g/mol. The van der Waals surface area contributed by atoms with Gasteiger partial charge in [-0.2, -0.15) is 0 Å². The van der Waals surface area contributed by atoms with Crippen LogP contribution in [0.3, 0.4) is 0 Å². The van der Waals surface area contributed by atoms with E-state index >= 15 is 0 Å². The third-order valence-corrected chi connectivity index (χ3v) is 1.87. The van der Waals surface area contributed by atoms with Gasteiger partial charge in [-0.3, -0.25) is 4.98 Å². The molecule has 2 N–H and O–H groups in total. The van der Waals surface area contributed by atoms with Gasteiger partial charge in [-0.15, -0.1) is 0 Å². The fraction of sp³-hybridized carbons (Fsp3) is 0.364. The molecule has 13 heavy (non-hydrogen) atoms. The topological polar surface area (TPSA) is 38.9 Å². The second-order valence-electron chi connectivity index (χ2n) is 3.02. The van der Waals surface area contributed by atoms with E-state index in [-0.39, 0.29) is 0 Å². The van der Waals surface area contributed by atoms with Gasteiger partial charge < -0.3 is 5.73 Å². The van der Waals surface area contributed by atoms with Crippen molar-refractivity contribution in [3.05, 3.63) is 30.1 Å². The molecule has 0 unspecified atom stereocenters. The van der Waals surface area contributed by atoms with Gasteiger partial charge in [0.25, 0.3) is 0 Å². The second-order valence-corrected chi connectivity index (χ2v) is 3.02. The molecule has 1 rings (SSSR count). The van der Waals surface area contributed by atoms with Gasteiger partial charge in [0.05, 0.1) is 11.4 Å². The maximum atomic E-state index is 5.72. The number of hydrogen-bond acceptors (Lipinski definition) is 2. The van der Waals surface area contributed by atoms with Gasteiger partial charge in [0.2, 0.25) is 0 Å². The van der Waals surface area contributed by atoms with Crippen molar-refractivity contribution in [2.24, 2.45) is 0 Å². The number of unbranched alkanes of at least 4 members (excludes halogenated alkanes) is 2. The highest BCUT2D eigenvalue weighted by molar-refractivity contribution is 5.59. The summed E-state index contributed by atoms with van der Waals surface area (Å²) in [5.41, 5.74) is 7.34. The molecule has 0 aliphatic carbocycles. The maximum absolute atomic E-state index is 5.72. The van der Waals surface area contributed by atoms with Crippen molar-refractivity contribution in [2.45, 2.75) is 26.2 Å². The average molecular weight is 176 g/mol. The molecule has 2 heteroatoms. The number of allylic oxidation sites excluding steroid dienone is 1. The van der Waals surface area contributed by atoms with Gasteiger partial charge in [-0.25, -0.2) is 0 Å². The molecule has 0 bridgehead atoms. The van der Waals surface area contributed by atoms with Crippen LogP contribution in [0.15, 0.2) is 24.4 Å². The minimum Gasteiger partial charge on any atom is -0.397 e. The monoisotopic (exact) mass is 176 g/mol. The van der Waals surface area contributed by atoms with E-state index in [1.54, 1.807) is 6.20 Å². The summed E-state index contributed by atoms with van der Waals surface area (Å²) in [5.74, 6) is 0. The Balaban J connectivity index is 2.53. The zero-order valence-corrected chi connectivity index (χ0v) is 8.03. The molecular formula is C11H16N2. The molecule has 1 aromatic rings. The minimum absolute atomic E-state index is 0.746. The molecule has 2 nitrogen and oxygen atoms in total. The van der Waals surface area contributed by atoms with E-state index in [0.29, 0.717) is 0 Å². The zero-order chi connectivity index (χ0) is 9.52. The second kappa shape index (κ2) is 5.36. The molecule has 0 saturated carbocycles. The van der Waals surface area contributed by atoms with E-state index in [4.69, 9.17) is 5.73 Å². The minimum atomic E-state index is 0.746. The van der Waals surface area contributed by atoms with Gasteiger partial charge in [-0.1, -0.05) is 25.8 Å². The number of nitrogens with two attached hydrogens (primary N) is 1. The lowest BCUT2D eigenvalue weighted by atomic mass is 10.2. The number of rotatable bonds is 4. The summed E-state index contributed by atoms with van der Waals surface area (Å²) in [6.07, 6.45) is 9.43. The summed E-state index contributed by atoms with van der Waals surface area (Å²) < 4.78 is 0. The van der Waals surface area contributed by atoms with E-state index in [0.717, 1.165) is 17.8 Å². The summed E-state index contributed by atoms with van der Waals surface area (Å²) in [6, 6.07) is 3.71. The summed E-state index contributed by atoms with van der Waals surface area (Å²) in [4.78, 5) is 4.16. The Bertz CT molecular complexity index is 279. The van der Waals surface area contributed by atoms with Crippen LogP contribution in [-0.4, -0.2) is 4.98 Å². The largest absolute Gasteiger partial charge is 0.397 e. The molecule has 1 heterocycles. The zero-order valence-electron chi connectivity index (χ0n) is 8.03. The van der Waals surface area contributed by atoms with Crippen LogP contribution >= 0.6 is 0 Å². The van der Waals surface area contributed by atoms with Crippen molar-refractivity contribution < 1.29 is 0 Å². The van der Waals surface area contributed by atoms with Gasteiger partial charge >= 0.3 is 0 Å². The lowest BCUT2D eigenvalue weighted by Gasteiger charge is -1.96. The highest BCUT2D eigenvalue weighted by Crippen LogP contribution is 2.09.